The third-order valence-corrected chi connectivity index (χ3v) is 5.30. The molecule has 148 valence electrons. The zero-order valence-corrected chi connectivity index (χ0v) is 17.0. The molecule has 0 atom stereocenters. The van der Waals surface area contributed by atoms with Gasteiger partial charge in [0.05, 0.1) is 15.6 Å². The van der Waals surface area contributed by atoms with Gasteiger partial charge in [-0.15, -0.1) is 0 Å². The summed E-state index contributed by atoms with van der Waals surface area (Å²) in [4.78, 5) is 22.5. The molecule has 0 saturated heterocycles. The molecule has 0 amide bonds. The first kappa shape index (κ1) is 20.7. The van der Waals surface area contributed by atoms with Crippen LogP contribution in [0.25, 0.3) is 5.70 Å². The van der Waals surface area contributed by atoms with E-state index in [2.05, 4.69) is 11.9 Å². The Balaban J connectivity index is 1.64. The molecule has 3 rings (SSSR count). The second-order valence-electron chi connectivity index (χ2n) is 6.11. The minimum Gasteiger partial charge on any atom is -0.462 e. The van der Waals surface area contributed by atoms with Gasteiger partial charge in [-0.25, -0.2) is 0 Å². The van der Waals surface area contributed by atoms with Gasteiger partial charge in [-0.05, 0) is 41.8 Å². The number of non-ortho nitro benzene ring substituents is 1. The molecule has 1 N–H and O–H groups in total. The monoisotopic (exact) mass is 428 g/mol. The van der Waals surface area contributed by atoms with Gasteiger partial charge in [-0.1, -0.05) is 36.9 Å². The first-order valence-corrected chi connectivity index (χ1v) is 9.92. The maximum absolute atomic E-state index is 12.2. The zero-order chi connectivity index (χ0) is 21.0. The highest BCUT2D eigenvalue weighted by Crippen LogP contribution is 2.31. The van der Waals surface area contributed by atoms with Crippen LogP contribution in [0.4, 0.5) is 5.69 Å². The van der Waals surface area contributed by atoms with Crippen molar-refractivity contribution in [2.75, 3.05) is 0 Å². The summed E-state index contributed by atoms with van der Waals surface area (Å²) in [6.45, 7) is 5.61. The third-order valence-electron chi connectivity index (χ3n) is 4.19. The van der Waals surface area contributed by atoms with Gasteiger partial charge < -0.3 is 10.1 Å². The number of hydrogen-bond donors (Lipinski definition) is 1. The Morgan fingerprint density at radius 1 is 1.31 bits per heavy atom. The summed E-state index contributed by atoms with van der Waals surface area (Å²) in [5.74, 6) is 0.319. The molecule has 1 aliphatic heterocycles. The fourth-order valence-corrected chi connectivity index (χ4v) is 3.47. The van der Waals surface area contributed by atoms with Gasteiger partial charge in [-0.3, -0.25) is 14.9 Å². The summed E-state index contributed by atoms with van der Waals surface area (Å²) >= 11 is 7.64. The molecule has 0 fully saturated rings. The number of nitrogens with zero attached hydrogens (tertiary/aromatic N) is 1. The fraction of sp³-hybridized carbons (Fsp3) is 0.0952. The number of benzene rings is 2. The summed E-state index contributed by atoms with van der Waals surface area (Å²) in [5.41, 5.74) is 2.58. The van der Waals surface area contributed by atoms with Crippen molar-refractivity contribution in [3.8, 4) is 5.75 Å². The topological polar surface area (TPSA) is 81.5 Å². The zero-order valence-electron chi connectivity index (χ0n) is 15.5. The number of rotatable bonds is 7. The maximum atomic E-state index is 12.2. The van der Waals surface area contributed by atoms with Gasteiger partial charge in [0.1, 0.15) is 17.0 Å². The molecule has 0 saturated carbocycles. The van der Waals surface area contributed by atoms with Crippen LogP contribution in [0.15, 0.2) is 71.3 Å². The first-order valence-electron chi connectivity index (χ1n) is 8.66. The van der Waals surface area contributed by atoms with Crippen LogP contribution < -0.4 is 10.1 Å². The number of Topliss-reactive ketones (excluding diaryl/α,β-unsaturated/α-hetero) is 1. The second-order valence-corrected chi connectivity index (χ2v) is 7.42. The highest BCUT2D eigenvalue weighted by Gasteiger charge is 2.15. The molecule has 0 aromatic heterocycles. The number of thioether (sulfide) groups is 1. The van der Waals surface area contributed by atoms with Crippen molar-refractivity contribution < 1.29 is 14.5 Å². The Kier molecular flexibility index (Phi) is 6.41. The van der Waals surface area contributed by atoms with Crippen molar-refractivity contribution >= 4 is 40.5 Å². The average Bonchev–Trinajstić information content (AvgIpc) is 3.20. The number of nitrogens with one attached hydrogen (secondary N) is 1. The standard InChI is InChI=1S/C21H17ClN2O4S/c1-3-13(2)21(25)17-9-8-16(10-18(17)22)28-11-20-23-19(12-29-20)14-4-6-15(7-5-14)24(26)27/h4-12,23H,2-3H2,1H3. The van der Waals surface area contributed by atoms with Crippen molar-refractivity contribution in [2.45, 2.75) is 13.3 Å². The summed E-state index contributed by atoms with van der Waals surface area (Å²) in [7, 11) is 0. The molecule has 0 unspecified atom stereocenters. The van der Waals surface area contributed by atoms with Crippen LogP contribution in [-0.2, 0) is 0 Å². The van der Waals surface area contributed by atoms with Crippen molar-refractivity contribution in [2.24, 2.45) is 0 Å². The molecule has 2 aromatic carbocycles. The highest BCUT2D eigenvalue weighted by atomic mass is 35.5. The number of nitro benzene ring substituents is 1. The predicted octanol–water partition coefficient (Wildman–Crippen LogP) is 5.91. The van der Waals surface area contributed by atoms with Crippen molar-refractivity contribution in [3.63, 3.8) is 0 Å². The van der Waals surface area contributed by atoms with E-state index in [9.17, 15) is 14.9 Å². The maximum Gasteiger partial charge on any atom is 0.269 e. The van der Waals surface area contributed by atoms with Crippen LogP contribution in [0, 0.1) is 10.1 Å². The second kappa shape index (κ2) is 8.98. The minimum absolute atomic E-state index is 0.0421. The van der Waals surface area contributed by atoms with E-state index in [-0.39, 0.29) is 11.5 Å². The van der Waals surface area contributed by atoms with Gasteiger partial charge in [0.25, 0.3) is 5.69 Å². The van der Waals surface area contributed by atoms with Crippen LogP contribution in [0.1, 0.15) is 29.3 Å². The van der Waals surface area contributed by atoms with Gasteiger partial charge >= 0.3 is 0 Å². The van der Waals surface area contributed by atoms with E-state index in [0.717, 1.165) is 16.3 Å². The molecule has 2 aromatic rings. The molecule has 1 heterocycles. The quantitative estimate of drug-likeness (QED) is 0.194. The minimum atomic E-state index is -0.434. The third kappa shape index (κ3) is 4.88. The summed E-state index contributed by atoms with van der Waals surface area (Å²) in [6.07, 6.45) is 2.10. The number of ether oxygens (including phenoxy) is 1. The van der Waals surface area contributed by atoms with Crippen molar-refractivity contribution in [1.82, 2.24) is 5.32 Å². The number of carbonyl (C=O) groups excluding carboxylic acids is 1. The number of ketones is 1. The molecule has 8 heteroatoms. The summed E-state index contributed by atoms with van der Waals surface area (Å²) < 4.78 is 5.64. The van der Waals surface area contributed by atoms with Gasteiger partial charge in [0.15, 0.2) is 5.78 Å². The van der Waals surface area contributed by atoms with Crippen molar-refractivity contribution in [1.29, 1.82) is 0 Å². The van der Waals surface area contributed by atoms with E-state index < -0.39 is 4.92 Å². The van der Waals surface area contributed by atoms with E-state index in [1.54, 1.807) is 30.3 Å². The molecular formula is C21H17ClN2O4S. The van der Waals surface area contributed by atoms with Gasteiger partial charge in [0, 0.05) is 29.2 Å². The molecular weight excluding hydrogens is 412 g/mol. The Hall–Kier alpha value is -3.03. The van der Waals surface area contributed by atoms with E-state index in [1.165, 1.54) is 30.2 Å². The van der Waals surface area contributed by atoms with Crippen LogP contribution >= 0.6 is 23.4 Å². The summed E-state index contributed by atoms with van der Waals surface area (Å²) in [6, 6.07) is 11.1. The lowest BCUT2D eigenvalue weighted by Crippen LogP contribution is -2.05. The van der Waals surface area contributed by atoms with Crippen LogP contribution in [0.2, 0.25) is 5.02 Å². The Labute approximate surface area is 177 Å². The van der Waals surface area contributed by atoms with E-state index >= 15 is 0 Å². The number of halogens is 1. The molecule has 0 spiro atoms. The number of nitro groups is 1. The molecule has 1 aliphatic rings. The molecule has 29 heavy (non-hydrogen) atoms. The van der Waals surface area contributed by atoms with E-state index in [0.29, 0.717) is 28.3 Å². The normalized spacial score (nSPS) is 14.3. The molecule has 0 aliphatic carbocycles. The number of allylic oxidation sites excluding steroid dienone is 1. The Morgan fingerprint density at radius 3 is 2.66 bits per heavy atom. The van der Waals surface area contributed by atoms with Gasteiger partial charge in [-0.2, -0.15) is 0 Å². The highest BCUT2D eigenvalue weighted by molar-refractivity contribution is 8.06. The lowest BCUT2D eigenvalue weighted by Gasteiger charge is -2.08. The smallest absolute Gasteiger partial charge is 0.269 e. The molecule has 0 radical (unpaired) electrons. The fourth-order valence-electron chi connectivity index (χ4n) is 2.50. The van der Waals surface area contributed by atoms with Gasteiger partial charge in [0.2, 0.25) is 0 Å². The Morgan fingerprint density at radius 2 is 2.03 bits per heavy atom. The lowest BCUT2D eigenvalue weighted by atomic mass is 10.0. The van der Waals surface area contributed by atoms with Crippen LogP contribution in [-0.4, -0.2) is 10.7 Å². The average molecular weight is 429 g/mol. The van der Waals surface area contributed by atoms with Crippen LogP contribution in [0.3, 0.4) is 0 Å². The number of hydrogen-bond acceptors (Lipinski definition) is 6. The predicted molar refractivity (Wildman–Crippen MR) is 116 cm³/mol. The summed E-state index contributed by atoms with van der Waals surface area (Å²) in [5, 5.41) is 16.9. The van der Waals surface area contributed by atoms with Crippen LogP contribution in [0.5, 0.6) is 5.75 Å². The molecule has 0 bridgehead atoms. The SMILES string of the molecule is C=C(CC)C(=O)c1ccc(OC=C2NC(c3ccc([N+](=O)[O-])cc3)=CS2)cc1Cl. The largest absolute Gasteiger partial charge is 0.462 e. The lowest BCUT2D eigenvalue weighted by molar-refractivity contribution is -0.384. The van der Waals surface area contributed by atoms with Crippen molar-refractivity contribution in [3.05, 3.63) is 97.6 Å². The van der Waals surface area contributed by atoms with E-state index in [1.807, 2.05) is 12.3 Å². The Bertz CT molecular complexity index is 1050. The number of carbonyl (C=O) groups is 1. The van der Waals surface area contributed by atoms with E-state index in [4.69, 9.17) is 16.3 Å². The molecule has 6 nitrogen and oxygen atoms in total. The first-order chi connectivity index (χ1) is 13.9.